The van der Waals surface area contributed by atoms with Crippen molar-refractivity contribution in [1.82, 2.24) is 4.90 Å². The third-order valence-electron chi connectivity index (χ3n) is 2.99. The number of carbonyl (C=O) groups excluding carboxylic acids is 2. The maximum absolute atomic E-state index is 12.1. The van der Waals surface area contributed by atoms with Crippen molar-refractivity contribution in [2.75, 3.05) is 20.7 Å². The monoisotopic (exact) mass is 291 g/mol. The summed E-state index contributed by atoms with van der Waals surface area (Å²) in [6.07, 6.45) is 6.95. The van der Waals surface area contributed by atoms with Crippen molar-refractivity contribution in [2.45, 2.75) is 26.7 Å². The third-order valence-corrected chi connectivity index (χ3v) is 2.99. The molecule has 0 aromatic carbocycles. The molecule has 0 radical (unpaired) electrons. The van der Waals surface area contributed by atoms with Gasteiger partial charge in [-0.1, -0.05) is 30.9 Å². The second-order valence-corrected chi connectivity index (χ2v) is 4.92. The summed E-state index contributed by atoms with van der Waals surface area (Å²) >= 11 is 0. The number of hydrogen-bond donors (Lipinski definition) is 0. The second-order valence-electron chi connectivity index (χ2n) is 4.92. The van der Waals surface area contributed by atoms with Gasteiger partial charge in [0.1, 0.15) is 0 Å². The van der Waals surface area contributed by atoms with Crippen LogP contribution in [0.25, 0.3) is 0 Å². The fourth-order valence-corrected chi connectivity index (χ4v) is 1.77. The van der Waals surface area contributed by atoms with Gasteiger partial charge in [-0.3, -0.25) is 4.79 Å². The molecule has 116 valence electrons. The van der Waals surface area contributed by atoms with Crippen molar-refractivity contribution < 1.29 is 14.3 Å². The molecule has 0 atom stereocenters. The predicted octanol–water partition coefficient (Wildman–Crippen LogP) is 3.03. The van der Waals surface area contributed by atoms with Crippen LogP contribution < -0.4 is 0 Å². The summed E-state index contributed by atoms with van der Waals surface area (Å²) in [7, 11) is 3.02. The first kappa shape index (κ1) is 18.9. The normalized spacial score (nSPS) is 11.8. The average Bonchev–Trinajstić information content (AvgIpc) is 2.45. The number of allylic oxidation sites excluding steroid dienone is 3. The highest BCUT2D eigenvalue weighted by Gasteiger charge is 2.12. The van der Waals surface area contributed by atoms with Crippen molar-refractivity contribution >= 4 is 11.9 Å². The van der Waals surface area contributed by atoms with Gasteiger partial charge in [0.2, 0.25) is 0 Å². The number of carbonyl (C=O) groups is 2. The number of hydrogen-bond acceptors (Lipinski definition) is 3. The average molecular weight is 291 g/mol. The summed E-state index contributed by atoms with van der Waals surface area (Å²) in [6, 6.07) is 0. The molecule has 0 saturated heterocycles. The maximum atomic E-state index is 12.1. The van der Waals surface area contributed by atoms with Crippen LogP contribution in [0.3, 0.4) is 0 Å². The molecule has 0 saturated carbocycles. The summed E-state index contributed by atoms with van der Waals surface area (Å²) in [4.78, 5) is 25.0. The van der Waals surface area contributed by atoms with Gasteiger partial charge >= 0.3 is 5.97 Å². The minimum Gasteiger partial charge on any atom is -0.466 e. The zero-order valence-corrected chi connectivity index (χ0v) is 13.4. The van der Waals surface area contributed by atoms with E-state index in [0.29, 0.717) is 12.1 Å². The van der Waals surface area contributed by atoms with Gasteiger partial charge in [-0.2, -0.15) is 0 Å². The Morgan fingerprint density at radius 1 is 1.29 bits per heavy atom. The first-order valence-corrected chi connectivity index (χ1v) is 6.82. The van der Waals surface area contributed by atoms with Crippen LogP contribution >= 0.6 is 0 Å². The van der Waals surface area contributed by atoms with E-state index in [-0.39, 0.29) is 11.5 Å². The molecule has 0 rings (SSSR count). The number of amides is 1. The fraction of sp³-hybridized carbons (Fsp3) is 0.412. The zero-order valence-electron chi connectivity index (χ0n) is 13.4. The Morgan fingerprint density at radius 3 is 2.43 bits per heavy atom. The summed E-state index contributed by atoms with van der Waals surface area (Å²) < 4.78 is 4.58. The van der Waals surface area contributed by atoms with Crippen LogP contribution in [0.1, 0.15) is 26.7 Å². The van der Waals surface area contributed by atoms with E-state index in [2.05, 4.69) is 17.9 Å². The molecular weight excluding hydrogens is 266 g/mol. The third kappa shape index (κ3) is 7.30. The van der Waals surface area contributed by atoms with Gasteiger partial charge in [0.15, 0.2) is 0 Å². The number of likely N-dealkylation sites (N-methyl/N-ethyl adjacent to an activating group) is 1. The number of rotatable bonds is 8. The topological polar surface area (TPSA) is 46.6 Å². The fourth-order valence-electron chi connectivity index (χ4n) is 1.77. The van der Waals surface area contributed by atoms with Crippen molar-refractivity contribution in [2.24, 2.45) is 0 Å². The first-order chi connectivity index (χ1) is 9.83. The molecule has 0 aliphatic heterocycles. The highest BCUT2D eigenvalue weighted by atomic mass is 16.5. The molecule has 4 nitrogen and oxygen atoms in total. The number of ether oxygens (including phenoxy) is 1. The lowest BCUT2D eigenvalue weighted by atomic mass is 10.1. The SMILES string of the molecule is C=C/C=C(\C)CCCN(C)C(=O)C(=C)/C=C(\C)C(=O)OC. The number of nitrogens with zero attached hydrogens (tertiary/aromatic N) is 1. The number of methoxy groups -OCH3 is 1. The molecule has 0 heterocycles. The van der Waals surface area contributed by atoms with E-state index in [4.69, 9.17) is 0 Å². The Morgan fingerprint density at radius 2 is 1.90 bits per heavy atom. The Hall–Kier alpha value is -2.10. The van der Waals surface area contributed by atoms with Crippen molar-refractivity contribution in [3.63, 3.8) is 0 Å². The van der Waals surface area contributed by atoms with Crippen LogP contribution in [0.4, 0.5) is 0 Å². The molecule has 0 unspecified atom stereocenters. The van der Waals surface area contributed by atoms with Crippen molar-refractivity contribution in [3.8, 4) is 0 Å². The minimum absolute atomic E-state index is 0.191. The highest BCUT2D eigenvalue weighted by molar-refractivity contribution is 5.98. The Labute approximate surface area is 127 Å². The summed E-state index contributed by atoms with van der Waals surface area (Å²) in [5.41, 5.74) is 1.86. The zero-order chi connectivity index (χ0) is 16.4. The van der Waals surface area contributed by atoms with Crippen LogP contribution in [-0.4, -0.2) is 37.5 Å². The molecule has 4 heteroatoms. The molecule has 0 aliphatic rings. The van der Waals surface area contributed by atoms with Crippen molar-refractivity contribution in [1.29, 1.82) is 0 Å². The van der Waals surface area contributed by atoms with Crippen LogP contribution in [0, 0.1) is 0 Å². The molecule has 0 aromatic rings. The van der Waals surface area contributed by atoms with Crippen LogP contribution in [0.15, 0.2) is 48.1 Å². The van der Waals surface area contributed by atoms with Gasteiger partial charge < -0.3 is 9.64 Å². The summed E-state index contributed by atoms with van der Waals surface area (Å²) in [6.45, 7) is 11.6. The Balaban J connectivity index is 4.44. The molecule has 1 amide bonds. The molecule has 21 heavy (non-hydrogen) atoms. The van der Waals surface area contributed by atoms with E-state index in [1.54, 1.807) is 24.9 Å². The molecular formula is C17H25NO3. The van der Waals surface area contributed by atoms with E-state index >= 15 is 0 Å². The van der Waals surface area contributed by atoms with Gasteiger partial charge in [0, 0.05) is 24.7 Å². The highest BCUT2D eigenvalue weighted by Crippen LogP contribution is 2.08. The van der Waals surface area contributed by atoms with E-state index in [1.807, 2.05) is 13.0 Å². The van der Waals surface area contributed by atoms with Gasteiger partial charge in [0.25, 0.3) is 5.91 Å². The van der Waals surface area contributed by atoms with Crippen molar-refractivity contribution in [3.05, 3.63) is 48.1 Å². The van der Waals surface area contributed by atoms with Gasteiger partial charge in [0.05, 0.1) is 7.11 Å². The first-order valence-electron chi connectivity index (χ1n) is 6.82. The summed E-state index contributed by atoms with van der Waals surface area (Å²) in [5, 5.41) is 0. The molecule has 0 aromatic heterocycles. The number of esters is 1. The Kier molecular flexibility index (Phi) is 8.77. The molecule has 0 spiro atoms. The van der Waals surface area contributed by atoms with E-state index < -0.39 is 5.97 Å². The van der Waals surface area contributed by atoms with E-state index in [1.165, 1.54) is 18.8 Å². The van der Waals surface area contributed by atoms with Crippen LogP contribution in [-0.2, 0) is 14.3 Å². The smallest absolute Gasteiger partial charge is 0.333 e. The minimum atomic E-state index is -0.461. The van der Waals surface area contributed by atoms with E-state index in [0.717, 1.165) is 12.8 Å². The van der Waals surface area contributed by atoms with Gasteiger partial charge in [-0.15, -0.1) is 0 Å². The molecule has 0 bridgehead atoms. The largest absolute Gasteiger partial charge is 0.466 e. The molecule has 0 fully saturated rings. The lowest BCUT2D eigenvalue weighted by Crippen LogP contribution is -2.28. The lowest BCUT2D eigenvalue weighted by Gasteiger charge is -2.17. The quantitative estimate of drug-likeness (QED) is 0.392. The second kappa shape index (κ2) is 9.75. The lowest BCUT2D eigenvalue weighted by molar-refractivity contribution is -0.136. The predicted molar refractivity (Wildman–Crippen MR) is 85.7 cm³/mol. The maximum Gasteiger partial charge on any atom is 0.333 e. The van der Waals surface area contributed by atoms with Crippen LogP contribution in [0.5, 0.6) is 0 Å². The van der Waals surface area contributed by atoms with E-state index in [9.17, 15) is 9.59 Å². The van der Waals surface area contributed by atoms with Gasteiger partial charge in [-0.25, -0.2) is 4.79 Å². The van der Waals surface area contributed by atoms with Crippen LogP contribution in [0.2, 0.25) is 0 Å². The standard InChI is InChI=1S/C17H25NO3/c1-7-9-13(2)10-8-11-18(5)16(19)14(3)12-15(4)17(20)21-6/h7,9,12H,1,3,8,10-11H2,2,4-6H3/b13-9+,15-12+. The van der Waals surface area contributed by atoms with Gasteiger partial charge in [-0.05, 0) is 32.8 Å². The molecule has 0 aliphatic carbocycles. The Bertz CT molecular complexity index is 472. The molecule has 0 N–H and O–H groups in total. The summed E-state index contributed by atoms with van der Waals surface area (Å²) in [5.74, 6) is -0.652.